The maximum atomic E-state index is 13.7. The Morgan fingerprint density at radius 3 is 2.40 bits per heavy atom. The maximum Gasteiger partial charge on any atom is 0.337 e. The number of carbonyl (C=O) groups is 2. The van der Waals surface area contributed by atoms with Gasteiger partial charge in [0, 0.05) is 34.0 Å². The predicted molar refractivity (Wildman–Crippen MR) is 135 cm³/mol. The number of hydrogen-bond donors (Lipinski definition) is 1. The van der Waals surface area contributed by atoms with Crippen LogP contribution in [0.4, 0.5) is 0 Å². The first-order valence-corrected chi connectivity index (χ1v) is 12.0. The normalized spacial score (nSPS) is 19.9. The Balaban J connectivity index is 1.86. The van der Waals surface area contributed by atoms with Gasteiger partial charge in [-0.1, -0.05) is 23.7 Å². The van der Waals surface area contributed by atoms with Crippen LogP contribution in [0.25, 0.3) is 0 Å². The van der Waals surface area contributed by atoms with Crippen molar-refractivity contribution in [3.05, 3.63) is 81.2 Å². The second kappa shape index (κ2) is 10.2. The van der Waals surface area contributed by atoms with E-state index in [-0.39, 0.29) is 17.8 Å². The number of carbonyl (C=O) groups excluding carboxylic acids is 2. The fourth-order valence-corrected chi connectivity index (χ4v) is 5.06. The van der Waals surface area contributed by atoms with Crippen LogP contribution in [0.1, 0.15) is 56.6 Å². The van der Waals surface area contributed by atoms with Gasteiger partial charge in [-0.25, -0.2) is 4.79 Å². The Hall–Kier alpha value is -3.25. The van der Waals surface area contributed by atoms with E-state index >= 15 is 0 Å². The Morgan fingerprint density at radius 2 is 1.77 bits per heavy atom. The minimum absolute atomic E-state index is 0.0100. The van der Waals surface area contributed by atoms with Crippen LogP contribution in [-0.4, -0.2) is 32.1 Å². The van der Waals surface area contributed by atoms with E-state index in [1.165, 1.54) is 0 Å². The standard InChI is InChI=1S/C28H30ClNO5/c1-15(2)35-28(32)25-16(3)30-22-12-18(17-6-8-19(29)9-7-17)13-23(31)27(22)26(25)21-14-20(33-4)10-11-24(21)34-5/h6-11,14-15,18,26,30H,12-13H2,1-5H3/t18-,26+/m0/s1. The highest BCUT2D eigenvalue weighted by atomic mass is 35.5. The van der Waals surface area contributed by atoms with Crippen molar-refractivity contribution in [3.8, 4) is 11.5 Å². The molecule has 35 heavy (non-hydrogen) atoms. The number of allylic oxidation sites excluding steroid dienone is 3. The van der Waals surface area contributed by atoms with Crippen LogP contribution in [0.3, 0.4) is 0 Å². The smallest absolute Gasteiger partial charge is 0.337 e. The molecule has 0 unspecified atom stereocenters. The summed E-state index contributed by atoms with van der Waals surface area (Å²) in [4.78, 5) is 27.1. The molecule has 1 N–H and O–H groups in total. The van der Waals surface area contributed by atoms with E-state index in [0.717, 1.165) is 11.3 Å². The molecule has 0 fully saturated rings. The monoisotopic (exact) mass is 495 g/mol. The van der Waals surface area contributed by atoms with Crippen molar-refractivity contribution in [1.82, 2.24) is 5.32 Å². The predicted octanol–water partition coefficient (Wildman–Crippen LogP) is 5.67. The third-order valence-electron chi connectivity index (χ3n) is 6.48. The fraction of sp³-hybridized carbons (Fsp3) is 0.357. The molecule has 7 heteroatoms. The highest BCUT2D eigenvalue weighted by Gasteiger charge is 2.42. The largest absolute Gasteiger partial charge is 0.497 e. The number of nitrogens with one attached hydrogen (secondary N) is 1. The van der Waals surface area contributed by atoms with Gasteiger partial charge in [-0.15, -0.1) is 0 Å². The van der Waals surface area contributed by atoms with E-state index in [1.54, 1.807) is 40.2 Å². The molecule has 1 aliphatic carbocycles. The SMILES string of the molecule is COc1ccc(OC)c([C@@H]2C(C(=O)OC(C)C)=C(C)NC3=C2C(=O)C[C@@H](c2ccc(Cl)cc2)C3)c1. The first-order chi connectivity index (χ1) is 16.7. The molecule has 184 valence electrons. The van der Waals surface area contributed by atoms with Gasteiger partial charge in [0.1, 0.15) is 11.5 Å². The number of ether oxygens (including phenoxy) is 3. The van der Waals surface area contributed by atoms with E-state index in [9.17, 15) is 9.59 Å². The van der Waals surface area contributed by atoms with Gasteiger partial charge in [0.25, 0.3) is 0 Å². The van der Waals surface area contributed by atoms with Crippen LogP contribution in [0, 0.1) is 0 Å². The Labute approximate surface area is 210 Å². The molecule has 2 atom stereocenters. The number of ketones is 1. The first-order valence-electron chi connectivity index (χ1n) is 11.7. The summed E-state index contributed by atoms with van der Waals surface area (Å²) in [5.41, 5.74) is 4.20. The zero-order chi connectivity index (χ0) is 25.3. The summed E-state index contributed by atoms with van der Waals surface area (Å²) >= 11 is 6.07. The van der Waals surface area contributed by atoms with Gasteiger partial charge in [0.15, 0.2) is 5.78 Å². The van der Waals surface area contributed by atoms with Crippen molar-refractivity contribution < 1.29 is 23.8 Å². The molecule has 4 rings (SSSR count). The second-order valence-corrected chi connectivity index (χ2v) is 9.57. The van der Waals surface area contributed by atoms with Gasteiger partial charge in [0.05, 0.1) is 31.8 Å². The average Bonchev–Trinajstić information content (AvgIpc) is 2.82. The molecule has 0 spiro atoms. The van der Waals surface area contributed by atoms with Gasteiger partial charge < -0.3 is 19.5 Å². The van der Waals surface area contributed by atoms with Gasteiger partial charge in [-0.2, -0.15) is 0 Å². The molecular weight excluding hydrogens is 466 g/mol. The number of esters is 1. The Kier molecular flexibility index (Phi) is 7.22. The molecule has 2 aliphatic rings. The number of methoxy groups -OCH3 is 2. The highest BCUT2D eigenvalue weighted by Crippen LogP contribution is 2.48. The molecule has 6 nitrogen and oxygen atoms in total. The van der Waals surface area contributed by atoms with Gasteiger partial charge in [0.2, 0.25) is 0 Å². The Morgan fingerprint density at radius 1 is 1.06 bits per heavy atom. The lowest BCUT2D eigenvalue weighted by atomic mass is 9.71. The minimum atomic E-state index is -0.638. The number of dihydropyridines is 1. The minimum Gasteiger partial charge on any atom is -0.497 e. The van der Waals surface area contributed by atoms with Crippen LogP contribution < -0.4 is 14.8 Å². The maximum absolute atomic E-state index is 13.7. The molecule has 0 saturated carbocycles. The fourth-order valence-electron chi connectivity index (χ4n) is 4.93. The third-order valence-corrected chi connectivity index (χ3v) is 6.73. The van der Waals surface area contributed by atoms with E-state index in [1.807, 2.05) is 37.3 Å². The molecule has 2 aromatic carbocycles. The van der Waals surface area contributed by atoms with Crippen molar-refractivity contribution in [3.63, 3.8) is 0 Å². The third kappa shape index (κ3) is 4.94. The lowest BCUT2D eigenvalue weighted by Gasteiger charge is -2.37. The van der Waals surface area contributed by atoms with Crippen molar-refractivity contribution in [2.24, 2.45) is 0 Å². The molecule has 1 aliphatic heterocycles. The summed E-state index contributed by atoms with van der Waals surface area (Å²) in [7, 11) is 3.15. The van der Waals surface area contributed by atoms with Crippen LogP contribution >= 0.6 is 11.6 Å². The number of benzene rings is 2. The van der Waals surface area contributed by atoms with E-state index in [4.69, 9.17) is 25.8 Å². The molecule has 0 saturated heterocycles. The average molecular weight is 496 g/mol. The summed E-state index contributed by atoms with van der Waals surface area (Å²) in [5, 5.41) is 4.03. The number of hydrogen-bond acceptors (Lipinski definition) is 6. The second-order valence-electron chi connectivity index (χ2n) is 9.13. The molecule has 0 radical (unpaired) electrons. The summed E-state index contributed by atoms with van der Waals surface area (Å²) in [6, 6.07) is 13.0. The van der Waals surface area contributed by atoms with Gasteiger partial charge in [-0.3, -0.25) is 4.79 Å². The van der Waals surface area contributed by atoms with E-state index < -0.39 is 11.9 Å². The van der Waals surface area contributed by atoms with Gasteiger partial charge >= 0.3 is 5.97 Å². The summed E-state index contributed by atoms with van der Waals surface area (Å²) in [5.74, 6) is 0.0739. The van der Waals surface area contributed by atoms with Crippen molar-refractivity contribution >= 4 is 23.4 Å². The highest BCUT2D eigenvalue weighted by molar-refractivity contribution is 6.30. The molecule has 0 aromatic heterocycles. The van der Waals surface area contributed by atoms with E-state index in [2.05, 4.69) is 5.32 Å². The van der Waals surface area contributed by atoms with Crippen molar-refractivity contribution in [1.29, 1.82) is 0 Å². The lowest BCUT2D eigenvalue weighted by molar-refractivity contribution is -0.143. The van der Waals surface area contributed by atoms with Crippen LogP contribution in [-0.2, 0) is 14.3 Å². The van der Waals surface area contributed by atoms with Crippen LogP contribution in [0.2, 0.25) is 5.02 Å². The summed E-state index contributed by atoms with van der Waals surface area (Å²) < 4.78 is 16.7. The van der Waals surface area contributed by atoms with E-state index in [0.29, 0.717) is 51.8 Å². The van der Waals surface area contributed by atoms with Crippen molar-refractivity contribution in [2.75, 3.05) is 14.2 Å². The Bertz CT molecular complexity index is 1210. The van der Waals surface area contributed by atoms with Crippen LogP contribution in [0.15, 0.2) is 65.0 Å². The quantitative estimate of drug-likeness (QED) is 0.520. The van der Waals surface area contributed by atoms with Gasteiger partial charge in [-0.05, 0) is 69.0 Å². The number of Topliss-reactive ketones (excluding diaryl/α,β-unsaturated/α-hetero) is 1. The first kappa shape index (κ1) is 24.9. The molecule has 2 aromatic rings. The van der Waals surface area contributed by atoms with Crippen molar-refractivity contribution in [2.45, 2.75) is 51.6 Å². The van der Waals surface area contributed by atoms with Crippen LogP contribution in [0.5, 0.6) is 11.5 Å². The summed E-state index contributed by atoms with van der Waals surface area (Å²) in [6.45, 7) is 5.45. The number of rotatable bonds is 6. The zero-order valence-electron chi connectivity index (χ0n) is 20.6. The summed E-state index contributed by atoms with van der Waals surface area (Å²) in [6.07, 6.45) is 0.661. The molecule has 1 heterocycles. The zero-order valence-corrected chi connectivity index (χ0v) is 21.4. The molecule has 0 amide bonds. The number of halogens is 1. The molecule has 0 bridgehead atoms. The topological polar surface area (TPSA) is 73.9 Å². The lowest BCUT2D eigenvalue weighted by Crippen LogP contribution is -2.36. The molecular formula is C28H30ClNO5.